The number of aromatic nitrogens is 2. The quantitative estimate of drug-likeness (QED) is 0.833. The number of nitrogens with zero attached hydrogens (tertiary/aromatic N) is 3. The summed E-state index contributed by atoms with van der Waals surface area (Å²) in [5.74, 6) is 0.390. The van der Waals surface area contributed by atoms with Crippen molar-refractivity contribution in [1.82, 2.24) is 14.0 Å². The van der Waals surface area contributed by atoms with Gasteiger partial charge in [-0.1, -0.05) is 12.1 Å². The van der Waals surface area contributed by atoms with Gasteiger partial charge in [0, 0.05) is 32.7 Å². The molecule has 6 nitrogen and oxygen atoms in total. The molecule has 2 aromatic rings. The van der Waals surface area contributed by atoms with Crippen molar-refractivity contribution in [1.29, 1.82) is 0 Å². The van der Waals surface area contributed by atoms with Gasteiger partial charge in [-0.25, -0.2) is 4.79 Å². The number of fused-ring (bicyclic) bond motifs is 1. The van der Waals surface area contributed by atoms with Crippen molar-refractivity contribution >= 4 is 16.9 Å². The zero-order chi connectivity index (χ0) is 16.4. The molecule has 6 heteroatoms. The normalized spacial score (nSPS) is 17.7. The van der Waals surface area contributed by atoms with E-state index in [9.17, 15) is 9.59 Å². The Morgan fingerprint density at radius 2 is 2.09 bits per heavy atom. The molecule has 124 valence electrons. The Bertz CT molecular complexity index is 756. The molecule has 0 spiro atoms. The summed E-state index contributed by atoms with van der Waals surface area (Å²) in [6.07, 6.45) is 0.998. The van der Waals surface area contributed by atoms with Gasteiger partial charge in [0.15, 0.2) is 0 Å². The van der Waals surface area contributed by atoms with Crippen LogP contribution in [0.25, 0.3) is 11.0 Å². The third kappa shape index (κ3) is 3.03. The third-order valence-electron chi connectivity index (χ3n) is 4.58. The van der Waals surface area contributed by atoms with Crippen LogP contribution in [0.15, 0.2) is 29.1 Å². The van der Waals surface area contributed by atoms with Crippen LogP contribution in [-0.2, 0) is 23.1 Å². The first-order valence-corrected chi connectivity index (χ1v) is 8.11. The fourth-order valence-corrected chi connectivity index (χ4v) is 3.20. The fraction of sp³-hybridized carbons (Fsp3) is 0.529. The van der Waals surface area contributed by atoms with Gasteiger partial charge in [-0.2, -0.15) is 0 Å². The first kappa shape index (κ1) is 15.8. The molecule has 1 fully saturated rings. The molecule has 1 atom stereocenters. The first-order chi connectivity index (χ1) is 11.1. The Labute approximate surface area is 135 Å². The van der Waals surface area contributed by atoms with Gasteiger partial charge in [-0.15, -0.1) is 0 Å². The first-order valence-electron chi connectivity index (χ1n) is 8.11. The average Bonchev–Trinajstić information content (AvgIpc) is 3.16. The highest BCUT2D eigenvalue weighted by atomic mass is 16.5. The standard InChI is InChI=1S/C17H23N3O3/c1-3-19(10-13-8-9-23-12-13)16(21)11-20-15-7-5-4-6-14(15)18(2)17(20)22/h4-7,13H,3,8-12H2,1-2H3/t13-/m0/s1. The van der Waals surface area contributed by atoms with Crippen LogP contribution in [0.1, 0.15) is 13.3 Å². The van der Waals surface area contributed by atoms with Gasteiger partial charge in [0.05, 0.1) is 17.6 Å². The number of benzene rings is 1. The number of aryl methyl sites for hydroxylation is 1. The monoisotopic (exact) mass is 317 g/mol. The number of rotatable bonds is 5. The van der Waals surface area contributed by atoms with Gasteiger partial charge < -0.3 is 9.64 Å². The smallest absolute Gasteiger partial charge is 0.329 e. The summed E-state index contributed by atoms with van der Waals surface area (Å²) in [6.45, 7) is 4.90. The zero-order valence-corrected chi connectivity index (χ0v) is 13.7. The van der Waals surface area contributed by atoms with E-state index in [4.69, 9.17) is 4.74 Å². The van der Waals surface area contributed by atoms with Crippen molar-refractivity contribution < 1.29 is 9.53 Å². The van der Waals surface area contributed by atoms with Crippen LogP contribution in [0.2, 0.25) is 0 Å². The van der Waals surface area contributed by atoms with E-state index >= 15 is 0 Å². The molecule has 0 unspecified atom stereocenters. The van der Waals surface area contributed by atoms with Crippen LogP contribution in [0.5, 0.6) is 0 Å². The number of carbonyl (C=O) groups is 1. The molecule has 1 aliphatic heterocycles. The maximum atomic E-state index is 12.7. The van der Waals surface area contributed by atoms with Crippen LogP contribution < -0.4 is 5.69 Å². The van der Waals surface area contributed by atoms with Crippen LogP contribution in [0.3, 0.4) is 0 Å². The van der Waals surface area contributed by atoms with Gasteiger partial charge in [0.1, 0.15) is 6.54 Å². The molecule has 23 heavy (non-hydrogen) atoms. The minimum absolute atomic E-state index is 0.0159. The largest absolute Gasteiger partial charge is 0.381 e. The van der Waals surface area contributed by atoms with Gasteiger partial charge >= 0.3 is 5.69 Å². The van der Waals surface area contributed by atoms with Crippen molar-refractivity contribution in [3.8, 4) is 0 Å². The maximum absolute atomic E-state index is 12.7. The number of ether oxygens (including phenoxy) is 1. The predicted octanol–water partition coefficient (Wildman–Crippen LogP) is 1.22. The van der Waals surface area contributed by atoms with E-state index in [-0.39, 0.29) is 18.1 Å². The summed E-state index contributed by atoms with van der Waals surface area (Å²) < 4.78 is 8.53. The average molecular weight is 317 g/mol. The number of likely N-dealkylation sites (N-methyl/N-ethyl adjacent to an activating group) is 1. The van der Waals surface area contributed by atoms with Crippen molar-refractivity contribution in [3.63, 3.8) is 0 Å². The Balaban J connectivity index is 1.81. The molecule has 0 bridgehead atoms. The van der Waals surface area contributed by atoms with Gasteiger partial charge in [-0.05, 0) is 25.5 Å². The second kappa shape index (κ2) is 6.58. The van der Waals surface area contributed by atoms with E-state index in [0.29, 0.717) is 19.0 Å². The number of imidazole rings is 1. The molecule has 0 N–H and O–H groups in total. The molecule has 0 radical (unpaired) electrons. The number of hydrogen-bond donors (Lipinski definition) is 0. The van der Waals surface area contributed by atoms with E-state index in [2.05, 4.69) is 0 Å². The topological polar surface area (TPSA) is 56.5 Å². The third-order valence-corrected chi connectivity index (χ3v) is 4.58. The summed E-state index contributed by atoms with van der Waals surface area (Å²) in [5.41, 5.74) is 1.49. The Kier molecular flexibility index (Phi) is 4.52. The summed E-state index contributed by atoms with van der Waals surface area (Å²) in [7, 11) is 1.74. The van der Waals surface area contributed by atoms with E-state index in [1.165, 1.54) is 0 Å². The molecule has 1 aromatic heterocycles. The summed E-state index contributed by atoms with van der Waals surface area (Å²) in [5, 5.41) is 0. The van der Waals surface area contributed by atoms with E-state index in [0.717, 1.165) is 30.7 Å². The van der Waals surface area contributed by atoms with Crippen LogP contribution in [0.4, 0.5) is 0 Å². The molecule has 1 aliphatic rings. The highest BCUT2D eigenvalue weighted by molar-refractivity contribution is 5.81. The minimum Gasteiger partial charge on any atom is -0.381 e. The SMILES string of the molecule is CCN(C[C@@H]1CCOC1)C(=O)Cn1c(=O)n(C)c2ccccc21. The van der Waals surface area contributed by atoms with Crippen molar-refractivity contribution in [2.24, 2.45) is 13.0 Å². The number of para-hydroxylation sites is 2. The lowest BCUT2D eigenvalue weighted by atomic mass is 10.1. The summed E-state index contributed by atoms with van der Waals surface area (Å²) in [4.78, 5) is 26.9. The minimum atomic E-state index is -0.153. The fourth-order valence-electron chi connectivity index (χ4n) is 3.20. The molecule has 0 saturated carbocycles. The lowest BCUT2D eigenvalue weighted by molar-refractivity contribution is -0.132. The molecule has 1 amide bonds. The Morgan fingerprint density at radius 3 is 2.74 bits per heavy atom. The molecule has 3 rings (SSSR count). The summed E-state index contributed by atoms with van der Waals surface area (Å²) in [6, 6.07) is 7.55. The van der Waals surface area contributed by atoms with Crippen molar-refractivity contribution in [2.75, 3.05) is 26.3 Å². The number of hydrogen-bond acceptors (Lipinski definition) is 3. The molecular weight excluding hydrogens is 294 g/mol. The van der Waals surface area contributed by atoms with Crippen LogP contribution in [0, 0.1) is 5.92 Å². The lowest BCUT2D eigenvalue weighted by Crippen LogP contribution is -2.39. The van der Waals surface area contributed by atoms with Crippen LogP contribution >= 0.6 is 0 Å². The summed E-state index contributed by atoms with van der Waals surface area (Å²) >= 11 is 0. The Morgan fingerprint density at radius 1 is 1.35 bits per heavy atom. The number of amides is 1. The molecule has 1 aromatic carbocycles. The van der Waals surface area contributed by atoms with E-state index in [1.807, 2.05) is 36.1 Å². The predicted molar refractivity (Wildman–Crippen MR) is 88.4 cm³/mol. The van der Waals surface area contributed by atoms with Gasteiger partial charge in [0.2, 0.25) is 5.91 Å². The highest BCUT2D eigenvalue weighted by Crippen LogP contribution is 2.15. The van der Waals surface area contributed by atoms with E-state index in [1.54, 1.807) is 16.2 Å². The molecular formula is C17H23N3O3. The second-order valence-corrected chi connectivity index (χ2v) is 6.08. The Hall–Kier alpha value is -2.08. The van der Waals surface area contributed by atoms with Gasteiger partial charge in [-0.3, -0.25) is 13.9 Å². The van der Waals surface area contributed by atoms with E-state index < -0.39 is 0 Å². The van der Waals surface area contributed by atoms with Gasteiger partial charge in [0.25, 0.3) is 0 Å². The zero-order valence-electron chi connectivity index (χ0n) is 13.7. The maximum Gasteiger partial charge on any atom is 0.329 e. The molecule has 0 aliphatic carbocycles. The van der Waals surface area contributed by atoms with Crippen molar-refractivity contribution in [3.05, 3.63) is 34.7 Å². The molecule has 1 saturated heterocycles. The van der Waals surface area contributed by atoms with Crippen LogP contribution in [-0.4, -0.2) is 46.2 Å². The highest BCUT2D eigenvalue weighted by Gasteiger charge is 2.22. The second-order valence-electron chi connectivity index (χ2n) is 6.08. The number of carbonyl (C=O) groups excluding carboxylic acids is 1. The lowest BCUT2D eigenvalue weighted by Gasteiger charge is -2.23. The molecule has 2 heterocycles. The van der Waals surface area contributed by atoms with Crippen molar-refractivity contribution in [2.45, 2.75) is 19.9 Å².